The van der Waals surface area contributed by atoms with Crippen molar-refractivity contribution in [2.45, 2.75) is 26.9 Å². The number of benzene rings is 2. The van der Waals surface area contributed by atoms with E-state index >= 15 is 0 Å². The summed E-state index contributed by atoms with van der Waals surface area (Å²) in [4.78, 5) is 25.5. The Kier molecular flexibility index (Phi) is 6.25. The molecule has 1 amide bonds. The molecule has 0 bridgehead atoms. The molecule has 1 N–H and O–H groups in total. The molecule has 2 aromatic rings. The number of anilines is 1. The number of alkyl halides is 3. The minimum atomic E-state index is -4.65. The number of ketones is 1. The van der Waals surface area contributed by atoms with Gasteiger partial charge in [-0.25, -0.2) is 0 Å². The fourth-order valence-electron chi connectivity index (χ4n) is 2.54. The third-order valence-corrected chi connectivity index (χ3v) is 4.17. The molecule has 0 saturated heterocycles. The molecule has 0 aliphatic rings. The minimum Gasteiger partial charge on any atom is -0.493 e. The second kappa shape index (κ2) is 8.14. The van der Waals surface area contributed by atoms with Crippen molar-refractivity contribution < 1.29 is 32.2 Å². The lowest BCUT2D eigenvalue weighted by atomic mass is 9.94. The van der Waals surface area contributed by atoms with Crippen molar-refractivity contribution >= 4 is 17.4 Å². The summed E-state index contributed by atoms with van der Waals surface area (Å²) in [5.41, 5.74) is -2.12. The normalized spacial score (nSPS) is 11.7. The maximum absolute atomic E-state index is 13.2. The summed E-state index contributed by atoms with van der Waals surface area (Å²) in [5, 5.41) is 2.55. The summed E-state index contributed by atoms with van der Waals surface area (Å²) in [5.74, 6) is -0.837. The van der Waals surface area contributed by atoms with E-state index < -0.39 is 28.8 Å². The number of methoxy groups -OCH3 is 2. The van der Waals surface area contributed by atoms with Gasteiger partial charge in [-0.2, -0.15) is 13.2 Å². The summed E-state index contributed by atoms with van der Waals surface area (Å²) in [6, 6.07) is 7.11. The number of carbonyl (C=O) groups excluding carboxylic acids is 2. The number of amides is 1. The van der Waals surface area contributed by atoms with Crippen LogP contribution in [0.25, 0.3) is 0 Å². The van der Waals surface area contributed by atoms with Gasteiger partial charge in [-0.1, -0.05) is 26.8 Å². The lowest BCUT2D eigenvalue weighted by molar-refractivity contribution is -0.137. The molecular formula is C21H22F3NO4. The van der Waals surface area contributed by atoms with E-state index in [0.717, 1.165) is 18.2 Å². The maximum Gasteiger partial charge on any atom is 0.416 e. The van der Waals surface area contributed by atoms with E-state index in [9.17, 15) is 22.8 Å². The van der Waals surface area contributed by atoms with Gasteiger partial charge in [-0.15, -0.1) is 0 Å². The molecule has 0 heterocycles. The van der Waals surface area contributed by atoms with E-state index in [1.165, 1.54) is 26.4 Å². The SMILES string of the molecule is COc1cccc(C(=O)c2cc(C(F)(F)F)ccc2NC(=O)C(C)(C)C)c1OC. The van der Waals surface area contributed by atoms with Crippen molar-refractivity contribution in [1.82, 2.24) is 0 Å². The Balaban J connectivity index is 2.65. The Bertz CT molecular complexity index is 930. The zero-order valence-corrected chi connectivity index (χ0v) is 16.7. The Labute approximate surface area is 166 Å². The van der Waals surface area contributed by atoms with Crippen LogP contribution < -0.4 is 14.8 Å². The van der Waals surface area contributed by atoms with E-state index in [-0.39, 0.29) is 28.3 Å². The fourth-order valence-corrected chi connectivity index (χ4v) is 2.54. The van der Waals surface area contributed by atoms with Gasteiger partial charge in [0.1, 0.15) is 0 Å². The van der Waals surface area contributed by atoms with Crippen molar-refractivity contribution in [3.8, 4) is 11.5 Å². The second-order valence-electron chi connectivity index (χ2n) is 7.33. The highest BCUT2D eigenvalue weighted by Gasteiger charge is 2.33. The smallest absolute Gasteiger partial charge is 0.416 e. The van der Waals surface area contributed by atoms with Crippen LogP contribution in [0.1, 0.15) is 42.3 Å². The van der Waals surface area contributed by atoms with Crippen LogP contribution in [0.2, 0.25) is 0 Å². The summed E-state index contributed by atoms with van der Waals surface area (Å²) in [6.07, 6.45) is -4.65. The van der Waals surface area contributed by atoms with Gasteiger partial charge in [0.25, 0.3) is 0 Å². The van der Waals surface area contributed by atoms with E-state index in [1.807, 2.05) is 0 Å². The molecule has 8 heteroatoms. The number of hydrogen-bond acceptors (Lipinski definition) is 4. The van der Waals surface area contributed by atoms with Crippen LogP contribution in [-0.2, 0) is 11.0 Å². The van der Waals surface area contributed by atoms with Crippen molar-refractivity contribution in [3.63, 3.8) is 0 Å². The minimum absolute atomic E-state index is 0.0115. The highest BCUT2D eigenvalue weighted by Crippen LogP contribution is 2.36. The molecular weight excluding hydrogens is 387 g/mol. The molecule has 0 unspecified atom stereocenters. The molecule has 0 aliphatic heterocycles. The Morgan fingerprint density at radius 1 is 0.931 bits per heavy atom. The third kappa shape index (κ3) is 4.88. The molecule has 5 nitrogen and oxygen atoms in total. The molecule has 0 spiro atoms. The van der Waals surface area contributed by atoms with Crippen LogP contribution in [0.15, 0.2) is 36.4 Å². The average molecular weight is 409 g/mol. The van der Waals surface area contributed by atoms with Gasteiger partial charge in [-0.05, 0) is 30.3 Å². The molecule has 0 radical (unpaired) electrons. The fraction of sp³-hybridized carbons (Fsp3) is 0.333. The number of rotatable bonds is 5. The predicted molar refractivity (Wildman–Crippen MR) is 103 cm³/mol. The van der Waals surface area contributed by atoms with Gasteiger partial charge < -0.3 is 14.8 Å². The van der Waals surface area contributed by atoms with Gasteiger partial charge in [-0.3, -0.25) is 9.59 Å². The van der Waals surface area contributed by atoms with E-state index in [2.05, 4.69) is 5.32 Å². The predicted octanol–water partition coefficient (Wildman–Crippen LogP) is 4.94. The standard InChI is InChI=1S/C21H22F3NO4/c1-20(2,3)19(27)25-15-10-9-12(21(22,23)24)11-14(15)17(26)13-7-6-8-16(28-4)18(13)29-5/h6-11H,1-5H3,(H,25,27). The summed E-state index contributed by atoms with van der Waals surface area (Å²) >= 11 is 0. The van der Waals surface area contributed by atoms with Crippen LogP contribution in [0.5, 0.6) is 11.5 Å². The van der Waals surface area contributed by atoms with Gasteiger partial charge >= 0.3 is 6.18 Å². The highest BCUT2D eigenvalue weighted by molar-refractivity contribution is 6.15. The number of halogens is 3. The molecule has 0 fully saturated rings. The van der Waals surface area contributed by atoms with Gasteiger partial charge in [0.05, 0.1) is 31.0 Å². The lowest BCUT2D eigenvalue weighted by Crippen LogP contribution is -2.28. The first-order valence-electron chi connectivity index (χ1n) is 8.68. The molecule has 2 aromatic carbocycles. The summed E-state index contributed by atoms with van der Waals surface area (Å²) in [7, 11) is 2.70. The van der Waals surface area contributed by atoms with Crippen LogP contribution in [-0.4, -0.2) is 25.9 Å². The Morgan fingerprint density at radius 3 is 2.10 bits per heavy atom. The van der Waals surface area contributed by atoms with Gasteiger partial charge in [0.15, 0.2) is 17.3 Å². The first-order valence-corrected chi connectivity index (χ1v) is 8.68. The molecule has 156 valence electrons. The zero-order valence-electron chi connectivity index (χ0n) is 16.7. The number of ether oxygens (including phenoxy) is 2. The van der Waals surface area contributed by atoms with Crippen molar-refractivity contribution in [2.24, 2.45) is 5.41 Å². The first-order chi connectivity index (χ1) is 13.4. The zero-order chi connectivity index (χ0) is 22.0. The number of nitrogens with one attached hydrogen (secondary N) is 1. The van der Waals surface area contributed by atoms with E-state index in [4.69, 9.17) is 9.47 Å². The van der Waals surface area contributed by atoms with Crippen molar-refractivity contribution in [1.29, 1.82) is 0 Å². The monoisotopic (exact) mass is 409 g/mol. The van der Waals surface area contributed by atoms with E-state index in [1.54, 1.807) is 26.8 Å². The van der Waals surface area contributed by atoms with Crippen LogP contribution >= 0.6 is 0 Å². The summed E-state index contributed by atoms with van der Waals surface area (Å²) < 4.78 is 50.1. The van der Waals surface area contributed by atoms with Crippen molar-refractivity contribution in [2.75, 3.05) is 19.5 Å². The first kappa shape index (κ1) is 22.3. The quantitative estimate of drug-likeness (QED) is 0.711. The van der Waals surface area contributed by atoms with E-state index in [0.29, 0.717) is 0 Å². The summed E-state index contributed by atoms with van der Waals surface area (Å²) in [6.45, 7) is 4.96. The second-order valence-corrected chi connectivity index (χ2v) is 7.33. The molecule has 0 aromatic heterocycles. The molecule has 0 aliphatic carbocycles. The lowest BCUT2D eigenvalue weighted by Gasteiger charge is -2.20. The topological polar surface area (TPSA) is 64.6 Å². The maximum atomic E-state index is 13.2. The van der Waals surface area contributed by atoms with Gasteiger partial charge in [0.2, 0.25) is 5.91 Å². The molecule has 0 saturated carbocycles. The molecule has 0 atom stereocenters. The largest absolute Gasteiger partial charge is 0.493 e. The highest BCUT2D eigenvalue weighted by atomic mass is 19.4. The van der Waals surface area contributed by atoms with Crippen LogP contribution in [0, 0.1) is 5.41 Å². The number of hydrogen-bond donors (Lipinski definition) is 1. The third-order valence-electron chi connectivity index (χ3n) is 4.17. The molecule has 29 heavy (non-hydrogen) atoms. The van der Waals surface area contributed by atoms with Crippen LogP contribution in [0.4, 0.5) is 18.9 Å². The average Bonchev–Trinajstić information content (AvgIpc) is 2.65. The van der Waals surface area contributed by atoms with Crippen molar-refractivity contribution in [3.05, 3.63) is 53.1 Å². The molecule has 2 rings (SSSR count). The Hall–Kier alpha value is -3.03. The van der Waals surface area contributed by atoms with Crippen LogP contribution in [0.3, 0.4) is 0 Å². The number of para-hydroxylation sites is 1. The van der Waals surface area contributed by atoms with Gasteiger partial charge in [0, 0.05) is 11.0 Å². The number of carbonyl (C=O) groups is 2. The Morgan fingerprint density at radius 2 is 1.59 bits per heavy atom.